The third kappa shape index (κ3) is 3.93. The predicted octanol–water partition coefficient (Wildman–Crippen LogP) is 2.56. The third-order valence-electron chi connectivity index (χ3n) is 3.80. The maximum Gasteiger partial charge on any atom is 0.323 e. The SMILES string of the molecule is Cc1ccc(NC(=O)N(CC(=O)O)C2CCCC2)c(C)n1. The Labute approximate surface area is 124 Å². The number of carbonyl (C=O) groups excluding carboxylic acids is 1. The van der Waals surface area contributed by atoms with Crippen molar-refractivity contribution in [3.05, 3.63) is 23.5 Å². The second-order valence-corrected chi connectivity index (χ2v) is 5.48. The first-order chi connectivity index (χ1) is 9.97. The van der Waals surface area contributed by atoms with Crippen molar-refractivity contribution >= 4 is 17.7 Å². The molecule has 1 heterocycles. The monoisotopic (exact) mass is 291 g/mol. The maximum absolute atomic E-state index is 12.4. The van der Waals surface area contributed by atoms with Crippen molar-refractivity contribution in [2.24, 2.45) is 0 Å². The van der Waals surface area contributed by atoms with Gasteiger partial charge in [0.1, 0.15) is 6.54 Å². The number of rotatable bonds is 4. The van der Waals surface area contributed by atoms with Gasteiger partial charge in [0.05, 0.1) is 11.4 Å². The second kappa shape index (κ2) is 6.56. The van der Waals surface area contributed by atoms with Crippen molar-refractivity contribution in [1.29, 1.82) is 0 Å². The molecule has 2 amide bonds. The van der Waals surface area contributed by atoms with Crippen LogP contribution in [-0.4, -0.2) is 39.6 Å². The van der Waals surface area contributed by atoms with Gasteiger partial charge in [0, 0.05) is 11.7 Å². The van der Waals surface area contributed by atoms with Crippen LogP contribution in [0.25, 0.3) is 0 Å². The van der Waals surface area contributed by atoms with Gasteiger partial charge in [-0.15, -0.1) is 0 Å². The van der Waals surface area contributed by atoms with E-state index < -0.39 is 5.97 Å². The van der Waals surface area contributed by atoms with Gasteiger partial charge in [0.25, 0.3) is 0 Å². The van der Waals surface area contributed by atoms with E-state index in [1.807, 2.05) is 19.9 Å². The number of nitrogens with one attached hydrogen (secondary N) is 1. The smallest absolute Gasteiger partial charge is 0.323 e. The number of aromatic nitrogens is 1. The molecule has 1 fully saturated rings. The number of nitrogens with zero attached hydrogens (tertiary/aromatic N) is 2. The normalized spacial score (nSPS) is 15.0. The van der Waals surface area contributed by atoms with Gasteiger partial charge in [-0.25, -0.2) is 4.79 Å². The van der Waals surface area contributed by atoms with E-state index in [0.717, 1.165) is 37.1 Å². The molecule has 0 radical (unpaired) electrons. The highest BCUT2D eigenvalue weighted by molar-refractivity contribution is 5.92. The van der Waals surface area contributed by atoms with Crippen molar-refractivity contribution in [2.45, 2.75) is 45.6 Å². The van der Waals surface area contributed by atoms with Crippen molar-refractivity contribution in [2.75, 3.05) is 11.9 Å². The second-order valence-electron chi connectivity index (χ2n) is 5.48. The van der Waals surface area contributed by atoms with E-state index in [4.69, 9.17) is 5.11 Å². The molecule has 0 saturated heterocycles. The van der Waals surface area contributed by atoms with Crippen LogP contribution in [0.15, 0.2) is 12.1 Å². The number of aliphatic carboxylic acids is 1. The fourth-order valence-electron chi connectivity index (χ4n) is 2.73. The summed E-state index contributed by atoms with van der Waals surface area (Å²) in [5, 5.41) is 11.8. The number of carbonyl (C=O) groups is 2. The molecule has 0 aliphatic heterocycles. The molecule has 0 aromatic carbocycles. The zero-order chi connectivity index (χ0) is 15.4. The first-order valence-electron chi connectivity index (χ1n) is 7.21. The highest BCUT2D eigenvalue weighted by Crippen LogP contribution is 2.24. The number of hydrogen-bond acceptors (Lipinski definition) is 3. The number of amides is 2. The molecule has 0 bridgehead atoms. The van der Waals surface area contributed by atoms with E-state index in [0.29, 0.717) is 5.69 Å². The Bertz CT molecular complexity index is 539. The molecule has 1 aliphatic rings. The molecule has 0 spiro atoms. The van der Waals surface area contributed by atoms with Crippen LogP contribution in [0.3, 0.4) is 0 Å². The molecule has 114 valence electrons. The van der Waals surface area contributed by atoms with Gasteiger partial charge in [-0.1, -0.05) is 12.8 Å². The lowest BCUT2D eigenvalue weighted by atomic mass is 10.2. The number of carboxylic acids is 1. The number of anilines is 1. The zero-order valence-electron chi connectivity index (χ0n) is 12.4. The summed E-state index contributed by atoms with van der Waals surface area (Å²) in [5.74, 6) is -0.990. The van der Waals surface area contributed by atoms with Gasteiger partial charge in [-0.2, -0.15) is 0 Å². The van der Waals surface area contributed by atoms with Crippen LogP contribution in [0.2, 0.25) is 0 Å². The van der Waals surface area contributed by atoms with Gasteiger partial charge in [-0.3, -0.25) is 9.78 Å². The summed E-state index contributed by atoms with van der Waals surface area (Å²) in [4.78, 5) is 29.1. The van der Waals surface area contributed by atoms with Crippen LogP contribution in [0.1, 0.15) is 37.1 Å². The molecule has 0 unspecified atom stereocenters. The first-order valence-corrected chi connectivity index (χ1v) is 7.21. The van der Waals surface area contributed by atoms with Crippen LogP contribution < -0.4 is 5.32 Å². The van der Waals surface area contributed by atoms with E-state index in [-0.39, 0.29) is 18.6 Å². The largest absolute Gasteiger partial charge is 0.480 e. The summed E-state index contributed by atoms with van der Waals surface area (Å²) in [5.41, 5.74) is 2.23. The average Bonchev–Trinajstić information content (AvgIpc) is 2.92. The summed E-state index contributed by atoms with van der Waals surface area (Å²) < 4.78 is 0. The number of pyridine rings is 1. The Kier molecular flexibility index (Phi) is 4.77. The highest BCUT2D eigenvalue weighted by Gasteiger charge is 2.28. The van der Waals surface area contributed by atoms with Gasteiger partial charge in [0.2, 0.25) is 0 Å². The summed E-state index contributed by atoms with van der Waals surface area (Å²) in [7, 11) is 0. The number of carboxylic acid groups (broad SMARTS) is 1. The highest BCUT2D eigenvalue weighted by atomic mass is 16.4. The topological polar surface area (TPSA) is 82.5 Å². The van der Waals surface area contributed by atoms with Crippen LogP contribution in [-0.2, 0) is 4.79 Å². The van der Waals surface area contributed by atoms with Gasteiger partial charge in [0.15, 0.2) is 0 Å². The molecule has 2 N–H and O–H groups in total. The minimum atomic E-state index is -0.990. The molecular weight excluding hydrogens is 270 g/mol. The van der Waals surface area contributed by atoms with E-state index in [9.17, 15) is 9.59 Å². The van der Waals surface area contributed by atoms with E-state index >= 15 is 0 Å². The third-order valence-corrected chi connectivity index (χ3v) is 3.80. The molecule has 2 rings (SSSR count). The number of urea groups is 1. The fourth-order valence-corrected chi connectivity index (χ4v) is 2.73. The molecule has 1 aliphatic carbocycles. The van der Waals surface area contributed by atoms with Gasteiger partial charge in [-0.05, 0) is 38.8 Å². The molecule has 0 atom stereocenters. The Morgan fingerprint density at radius 1 is 1.33 bits per heavy atom. The van der Waals surface area contributed by atoms with Crippen molar-refractivity contribution < 1.29 is 14.7 Å². The molecule has 6 nitrogen and oxygen atoms in total. The molecule has 1 aromatic rings. The van der Waals surface area contributed by atoms with Crippen LogP contribution in [0.5, 0.6) is 0 Å². The molecule has 21 heavy (non-hydrogen) atoms. The van der Waals surface area contributed by atoms with E-state index in [1.54, 1.807) is 6.07 Å². The van der Waals surface area contributed by atoms with Gasteiger partial charge >= 0.3 is 12.0 Å². The van der Waals surface area contributed by atoms with Crippen LogP contribution in [0.4, 0.5) is 10.5 Å². The van der Waals surface area contributed by atoms with E-state index in [1.165, 1.54) is 4.90 Å². The van der Waals surface area contributed by atoms with Crippen LogP contribution in [0, 0.1) is 13.8 Å². The Morgan fingerprint density at radius 2 is 2.00 bits per heavy atom. The predicted molar refractivity (Wildman–Crippen MR) is 79.3 cm³/mol. The summed E-state index contributed by atoms with van der Waals surface area (Å²) in [6.45, 7) is 3.43. The van der Waals surface area contributed by atoms with Crippen molar-refractivity contribution in [3.63, 3.8) is 0 Å². The minimum Gasteiger partial charge on any atom is -0.480 e. The minimum absolute atomic E-state index is 0.0137. The molecule has 1 aromatic heterocycles. The first kappa shape index (κ1) is 15.3. The summed E-state index contributed by atoms with van der Waals surface area (Å²) in [6.07, 6.45) is 3.82. The zero-order valence-corrected chi connectivity index (χ0v) is 12.4. The lowest BCUT2D eigenvalue weighted by molar-refractivity contribution is -0.138. The molecule has 1 saturated carbocycles. The lowest BCUT2D eigenvalue weighted by Crippen LogP contribution is -2.44. The Balaban J connectivity index is 2.11. The quantitative estimate of drug-likeness (QED) is 0.893. The standard InChI is InChI=1S/C15H21N3O3/c1-10-7-8-13(11(2)16-10)17-15(21)18(9-14(19)20)12-5-3-4-6-12/h7-8,12H,3-6,9H2,1-2H3,(H,17,21)(H,19,20). The van der Waals surface area contributed by atoms with Crippen molar-refractivity contribution in [1.82, 2.24) is 9.88 Å². The summed E-state index contributed by atoms with van der Waals surface area (Å²) >= 11 is 0. The number of hydrogen-bond donors (Lipinski definition) is 2. The van der Waals surface area contributed by atoms with Crippen molar-refractivity contribution in [3.8, 4) is 0 Å². The average molecular weight is 291 g/mol. The Morgan fingerprint density at radius 3 is 2.57 bits per heavy atom. The molecular formula is C15H21N3O3. The lowest BCUT2D eigenvalue weighted by Gasteiger charge is -2.27. The molecule has 6 heteroatoms. The summed E-state index contributed by atoms with van der Waals surface area (Å²) in [6, 6.07) is 3.26. The maximum atomic E-state index is 12.4. The van der Waals surface area contributed by atoms with Gasteiger partial charge < -0.3 is 15.3 Å². The Hall–Kier alpha value is -2.11. The number of aryl methyl sites for hydroxylation is 2. The van der Waals surface area contributed by atoms with E-state index in [2.05, 4.69) is 10.3 Å². The van der Waals surface area contributed by atoms with Crippen LogP contribution >= 0.6 is 0 Å². The fraction of sp³-hybridized carbons (Fsp3) is 0.533.